The summed E-state index contributed by atoms with van der Waals surface area (Å²) in [6, 6.07) is 6.02. The van der Waals surface area contributed by atoms with Gasteiger partial charge in [-0.05, 0) is 25.0 Å². The number of oxazole rings is 1. The van der Waals surface area contributed by atoms with Crippen molar-refractivity contribution in [1.29, 1.82) is 0 Å². The molecule has 136 valence electrons. The van der Waals surface area contributed by atoms with E-state index in [1.807, 2.05) is 6.07 Å². The number of carbonyl (C=O) groups excluding carboxylic acids is 1. The molecule has 4 rings (SSSR count). The summed E-state index contributed by atoms with van der Waals surface area (Å²) in [5.74, 6) is 1.03. The van der Waals surface area contributed by atoms with Crippen LogP contribution in [0.1, 0.15) is 18.7 Å². The summed E-state index contributed by atoms with van der Waals surface area (Å²) in [6.07, 6.45) is 5.78. The second-order valence-corrected chi connectivity index (χ2v) is 6.88. The van der Waals surface area contributed by atoms with Gasteiger partial charge >= 0.3 is 0 Å². The predicted octanol–water partition coefficient (Wildman–Crippen LogP) is 2.78. The topological polar surface area (TPSA) is 87.0 Å². The van der Waals surface area contributed by atoms with Crippen molar-refractivity contribution in [2.75, 3.05) is 24.5 Å². The second-order valence-electron chi connectivity index (χ2n) is 6.45. The highest BCUT2D eigenvalue weighted by molar-refractivity contribution is 6.31. The predicted molar refractivity (Wildman–Crippen MR) is 99.3 cm³/mol. The molecule has 8 heteroatoms. The number of piperidine rings is 1. The standard InChI is InChI=1S/C18H20ClN5O2/c19-13-1-2-14-15(11-13)26-18(23-14)24-9-4-12(5-10-24)17(25)22-6-3-16-20-7-8-21-16/h1-2,7-8,11-12H,3-6,9-10H2,(H,20,21)(H,22,25). The van der Waals surface area contributed by atoms with Gasteiger partial charge < -0.3 is 19.6 Å². The molecule has 0 bridgehead atoms. The van der Waals surface area contributed by atoms with Crippen molar-refractivity contribution in [2.24, 2.45) is 5.92 Å². The number of H-pyrrole nitrogens is 1. The summed E-state index contributed by atoms with van der Waals surface area (Å²) in [7, 11) is 0. The molecule has 1 fully saturated rings. The van der Waals surface area contributed by atoms with Crippen LogP contribution in [-0.2, 0) is 11.2 Å². The lowest BCUT2D eigenvalue weighted by Crippen LogP contribution is -2.41. The van der Waals surface area contributed by atoms with Crippen LogP contribution in [0.4, 0.5) is 6.01 Å². The lowest BCUT2D eigenvalue weighted by molar-refractivity contribution is -0.125. The van der Waals surface area contributed by atoms with Crippen LogP contribution in [-0.4, -0.2) is 40.5 Å². The lowest BCUT2D eigenvalue weighted by Gasteiger charge is -2.30. The van der Waals surface area contributed by atoms with Crippen molar-refractivity contribution in [1.82, 2.24) is 20.3 Å². The number of hydrogen-bond acceptors (Lipinski definition) is 5. The number of anilines is 1. The van der Waals surface area contributed by atoms with Crippen molar-refractivity contribution >= 4 is 34.6 Å². The summed E-state index contributed by atoms with van der Waals surface area (Å²) in [6.45, 7) is 2.09. The van der Waals surface area contributed by atoms with E-state index < -0.39 is 0 Å². The van der Waals surface area contributed by atoms with Crippen LogP contribution in [0.25, 0.3) is 11.1 Å². The number of amides is 1. The number of halogens is 1. The van der Waals surface area contributed by atoms with Crippen molar-refractivity contribution in [2.45, 2.75) is 19.3 Å². The Balaban J connectivity index is 1.29. The molecule has 1 aliphatic heterocycles. The fraction of sp³-hybridized carbons (Fsp3) is 0.389. The molecule has 2 aromatic heterocycles. The third-order valence-corrected chi connectivity index (χ3v) is 4.93. The van der Waals surface area contributed by atoms with E-state index in [4.69, 9.17) is 16.0 Å². The number of hydrogen-bond donors (Lipinski definition) is 2. The molecule has 0 radical (unpaired) electrons. The van der Waals surface area contributed by atoms with Gasteiger partial charge in [-0.25, -0.2) is 4.98 Å². The highest BCUT2D eigenvalue weighted by Gasteiger charge is 2.27. The smallest absolute Gasteiger partial charge is 0.298 e. The van der Waals surface area contributed by atoms with Crippen LogP contribution in [0.15, 0.2) is 35.0 Å². The number of fused-ring (bicyclic) bond motifs is 1. The molecule has 26 heavy (non-hydrogen) atoms. The monoisotopic (exact) mass is 373 g/mol. The van der Waals surface area contributed by atoms with E-state index in [-0.39, 0.29) is 11.8 Å². The van der Waals surface area contributed by atoms with Gasteiger partial charge in [-0.15, -0.1) is 0 Å². The van der Waals surface area contributed by atoms with Gasteiger partial charge in [0.2, 0.25) is 5.91 Å². The Morgan fingerprint density at radius 3 is 3.00 bits per heavy atom. The van der Waals surface area contributed by atoms with Crippen LogP contribution in [0, 0.1) is 5.92 Å². The summed E-state index contributed by atoms with van der Waals surface area (Å²) in [5, 5.41) is 3.63. The van der Waals surface area contributed by atoms with Crippen molar-refractivity contribution in [3.05, 3.63) is 41.4 Å². The fourth-order valence-electron chi connectivity index (χ4n) is 3.24. The number of nitrogens with zero attached hydrogens (tertiary/aromatic N) is 3. The second kappa shape index (κ2) is 7.37. The molecule has 1 aromatic carbocycles. The van der Waals surface area contributed by atoms with Crippen LogP contribution in [0.2, 0.25) is 5.02 Å². The molecule has 0 aliphatic carbocycles. The zero-order valence-electron chi connectivity index (χ0n) is 14.2. The summed E-state index contributed by atoms with van der Waals surface area (Å²) < 4.78 is 5.81. The van der Waals surface area contributed by atoms with Crippen LogP contribution in [0.5, 0.6) is 0 Å². The number of carbonyl (C=O) groups is 1. The van der Waals surface area contributed by atoms with E-state index in [2.05, 4.69) is 25.2 Å². The van der Waals surface area contributed by atoms with Crippen LogP contribution >= 0.6 is 11.6 Å². The van der Waals surface area contributed by atoms with Gasteiger partial charge in [-0.2, -0.15) is 4.98 Å². The zero-order chi connectivity index (χ0) is 17.9. The van der Waals surface area contributed by atoms with Gasteiger partial charge in [-0.3, -0.25) is 4.79 Å². The highest BCUT2D eigenvalue weighted by Crippen LogP contribution is 2.27. The largest absolute Gasteiger partial charge is 0.423 e. The number of aromatic nitrogens is 3. The molecule has 0 unspecified atom stereocenters. The minimum atomic E-state index is 0.0293. The molecular formula is C18H20ClN5O2. The highest BCUT2D eigenvalue weighted by atomic mass is 35.5. The molecule has 0 saturated carbocycles. The molecule has 1 aliphatic rings. The Hall–Kier alpha value is -2.54. The Morgan fingerprint density at radius 1 is 1.38 bits per heavy atom. The summed E-state index contributed by atoms with van der Waals surface area (Å²) in [5.41, 5.74) is 1.48. The van der Waals surface area contributed by atoms with Gasteiger partial charge in [0.05, 0.1) is 0 Å². The van der Waals surface area contributed by atoms with Crippen molar-refractivity contribution in [3.63, 3.8) is 0 Å². The van der Waals surface area contributed by atoms with Gasteiger partial charge in [0.15, 0.2) is 5.58 Å². The number of aromatic amines is 1. The van der Waals surface area contributed by atoms with E-state index in [0.29, 0.717) is 29.6 Å². The molecule has 0 atom stereocenters. The first kappa shape index (κ1) is 16.9. The normalized spacial score (nSPS) is 15.5. The van der Waals surface area contributed by atoms with Crippen molar-refractivity contribution in [3.8, 4) is 0 Å². The average molecular weight is 374 g/mol. The Labute approximate surface area is 155 Å². The number of rotatable bonds is 5. The van der Waals surface area contributed by atoms with E-state index in [9.17, 15) is 4.79 Å². The molecular weight excluding hydrogens is 354 g/mol. The van der Waals surface area contributed by atoms with Gasteiger partial charge in [0, 0.05) is 55.5 Å². The lowest BCUT2D eigenvalue weighted by atomic mass is 9.96. The van der Waals surface area contributed by atoms with E-state index in [1.54, 1.807) is 24.5 Å². The van der Waals surface area contributed by atoms with Crippen molar-refractivity contribution < 1.29 is 9.21 Å². The maximum absolute atomic E-state index is 12.3. The quantitative estimate of drug-likeness (QED) is 0.718. The SMILES string of the molecule is O=C(NCCc1ncc[nH]1)C1CCN(c2nc3ccc(Cl)cc3o2)CC1. The minimum absolute atomic E-state index is 0.0293. The van der Waals surface area contributed by atoms with Gasteiger partial charge in [0.25, 0.3) is 6.01 Å². The first-order chi connectivity index (χ1) is 12.7. The van der Waals surface area contributed by atoms with E-state index in [0.717, 1.165) is 37.3 Å². The maximum Gasteiger partial charge on any atom is 0.298 e. The molecule has 3 heterocycles. The molecule has 1 saturated heterocycles. The zero-order valence-corrected chi connectivity index (χ0v) is 15.0. The Morgan fingerprint density at radius 2 is 2.23 bits per heavy atom. The van der Waals surface area contributed by atoms with Crippen LogP contribution in [0.3, 0.4) is 0 Å². The molecule has 0 spiro atoms. The minimum Gasteiger partial charge on any atom is -0.423 e. The van der Waals surface area contributed by atoms with E-state index >= 15 is 0 Å². The van der Waals surface area contributed by atoms with E-state index in [1.165, 1.54) is 0 Å². The number of imidazole rings is 1. The fourth-order valence-corrected chi connectivity index (χ4v) is 3.40. The summed E-state index contributed by atoms with van der Waals surface area (Å²) in [4.78, 5) is 26.1. The molecule has 1 amide bonds. The maximum atomic E-state index is 12.3. The summed E-state index contributed by atoms with van der Waals surface area (Å²) >= 11 is 5.99. The first-order valence-electron chi connectivity index (χ1n) is 8.76. The number of nitrogens with one attached hydrogen (secondary N) is 2. The Bertz CT molecular complexity index is 884. The Kier molecular flexibility index (Phi) is 4.79. The van der Waals surface area contributed by atoms with Gasteiger partial charge in [-0.1, -0.05) is 11.6 Å². The third kappa shape index (κ3) is 3.67. The van der Waals surface area contributed by atoms with Gasteiger partial charge in [0.1, 0.15) is 11.3 Å². The molecule has 7 nitrogen and oxygen atoms in total. The van der Waals surface area contributed by atoms with Crippen LogP contribution < -0.4 is 10.2 Å². The molecule has 2 N–H and O–H groups in total. The number of benzene rings is 1. The first-order valence-corrected chi connectivity index (χ1v) is 9.14. The average Bonchev–Trinajstić information content (AvgIpc) is 3.31. The molecule has 3 aromatic rings. The third-order valence-electron chi connectivity index (χ3n) is 4.69.